The first-order valence-corrected chi connectivity index (χ1v) is 11.3. The summed E-state index contributed by atoms with van der Waals surface area (Å²) in [6.45, 7) is 2.45. The molecule has 0 unspecified atom stereocenters. The normalized spacial score (nSPS) is 27.5. The van der Waals surface area contributed by atoms with E-state index >= 15 is 0 Å². The van der Waals surface area contributed by atoms with Crippen molar-refractivity contribution in [3.63, 3.8) is 0 Å². The maximum Gasteiger partial charge on any atom is 0.329 e. The lowest BCUT2D eigenvalue weighted by molar-refractivity contribution is -0.912. The summed E-state index contributed by atoms with van der Waals surface area (Å²) in [5.41, 5.74) is 0.489. The Bertz CT molecular complexity index is 864. The van der Waals surface area contributed by atoms with Gasteiger partial charge in [-0.1, -0.05) is 31.4 Å². The highest BCUT2D eigenvalue weighted by molar-refractivity contribution is 7.18. The summed E-state index contributed by atoms with van der Waals surface area (Å²) < 4.78 is 1.25. The van der Waals surface area contributed by atoms with Crippen molar-refractivity contribution in [1.29, 1.82) is 0 Å². The van der Waals surface area contributed by atoms with Crippen LogP contribution in [0.3, 0.4) is 0 Å². The second kappa shape index (κ2) is 7.12. The van der Waals surface area contributed by atoms with Crippen molar-refractivity contribution in [3.05, 3.63) is 29.3 Å². The number of nitrogens with one attached hydrogen (secondary N) is 2. The van der Waals surface area contributed by atoms with Gasteiger partial charge in [0.1, 0.15) is 5.54 Å². The number of carbonyl (C=O) groups excluding carboxylic acids is 2. The molecule has 28 heavy (non-hydrogen) atoms. The lowest BCUT2D eigenvalue weighted by Crippen LogP contribution is -3.14. The Kier molecular flexibility index (Phi) is 4.59. The Morgan fingerprint density at radius 3 is 2.64 bits per heavy atom. The number of urea groups is 1. The maximum atomic E-state index is 13.0. The molecule has 3 heterocycles. The van der Waals surface area contributed by atoms with Gasteiger partial charge in [0.2, 0.25) is 0 Å². The molecule has 0 radical (unpaired) electrons. The molecule has 6 nitrogen and oxygen atoms in total. The zero-order valence-electron chi connectivity index (χ0n) is 16.1. The van der Waals surface area contributed by atoms with E-state index in [1.165, 1.54) is 19.5 Å². The highest BCUT2D eigenvalue weighted by atomic mass is 32.1. The van der Waals surface area contributed by atoms with Crippen molar-refractivity contribution in [2.24, 2.45) is 0 Å². The number of imide groups is 1. The van der Waals surface area contributed by atoms with Gasteiger partial charge in [-0.05, 0) is 25.0 Å². The lowest BCUT2D eigenvalue weighted by atomic mass is 9.82. The van der Waals surface area contributed by atoms with Crippen molar-refractivity contribution < 1.29 is 14.5 Å². The van der Waals surface area contributed by atoms with E-state index in [1.54, 1.807) is 11.3 Å². The molecule has 2 N–H and O–H groups in total. The third-order valence-corrected chi connectivity index (χ3v) is 7.89. The van der Waals surface area contributed by atoms with Gasteiger partial charge in [0, 0.05) is 18.8 Å². The number of carbonyl (C=O) groups is 2. The van der Waals surface area contributed by atoms with Crippen LogP contribution in [0.5, 0.6) is 0 Å². The van der Waals surface area contributed by atoms with E-state index in [-0.39, 0.29) is 11.9 Å². The minimum absolute atomic E-state index is 0.0120. The van der Waals surface area contributed by atoms with Crippen molar-refractivity contribution in [3.8, 4) is 0 Å². The van der Waals surface area contributed by atoms with E-state index < -0.39 is 5.54 Å². The van der Waals surface area contributed by atoms with Gasteiger partial charge in [-0.2, -0.15) is 0 Å². The number of quaternary nitrogens is 1. The summed E-state index contributed by atoms with van der Waals surface area (Å²) in [5.74, 6) is 0.506. The largest absolute Gasteiger partial charge is 0.329 e. The molecule has 2 saturated heterocycles. The summed E-state index contributed by atoms with van der Waals surface area (Å²) >= 11 is 1.80. The number of thiazole rings is 1. The number of benzene rings is 1. The number of aromatic nitrogens is 1. The first-order valence-electron chi connectivity index (χ1n) is 10.5. The molecule has 0 bridgehead atoms. The van der Waals surface area contributed by atoms with Gasteiger partial charge in [-0.3, -0.25) is 4.79 Å². The van der Waals surface area contributed by atoms with Crippen LogP contribution in [0.15, 0.2) is 24.3 Å². The van der Waals surface area contributed by atoms with Gasteiger partial charge in [0.15, 0.2) is 6.67 Å². The average Bonchev–Trinajstić information content (AvgIpc) is 3.25. The summed E-state index contributed by atoms with van der Waals surface area (Å²) in [5, 5.41) is 4.26. The Balaban J connectivity index is 1.21. The number of hydrogen-bond acceptors (Lipinski definition) is 4. The summed E-state index contributed by atoms with van der Waals surface area (Å²) in [4.78, 5) is 33.1. The van der Waals surface area contributed by atoms with Crippen LogP contribution in [0, 0.1) is 0 Å². The van der Waals surface area contributed by atoms with Gasteiger partial charge in [-0.25, -0.2) is 14.7 Å². The predicted molar refractivity (Wildman–Crippen MR) is 108 cm³/mol. The molecular formula is C21H27N4O2S+. The van der Waals surface area contributed by atoms with Crippen LogP contribution in [0.2, 0.25) is 0 Å². The number of piperidine rings is 1. The Morgan fingerprint density at radius 1 is 1.14 bits per heavy atom. The molecule has 5 rings (SSSR count). The predicted octanol–water partition coefficient (Wildman–Crippen LogP) is 2.27. The zero-order chi connectivity index (χ0) is 19.1. The smallest absolute Gasteiger partial charge is 0.323 e. The van der Waals surface area contributed by atoms with Crippen molar-refractivity contribution >= 4 is 33.5 Å². The van der Waals surface area contributed by atoms with Crippen molar-refractivity contribution in [2.45, 2.75) is 56.4 Å². The molecule has 2 aromatic rings. The topological polar surface area (TPSA) is 66.7 Å². The molecule has 1 spiro atoms. The number of likely N-dealkylation sites (tertiary alicyclic amines) is 1. The first kappa shape index (κ1) is 18.1. The van der Waals surface area contributed by atoms with Gasteiger partial charge in [-0.15, -0.1) is 11.3 Å². The Labute approximate surface area is 168 Å². The molecule has 1 saturated carbocycles. The molecule has 148 valence electrons. The number of amides is 3. The van der Waals surface area contributed by atoms with Crippen LogP contribution in [-0.2, 0) is 4.79 Å². The third-order valence-electron chi connectivity index (χ3n) is 6.69. The number of nitrogens with zero attached hydrogens (tertiary/aromatic N) is 2. The minimum atomic E-state index is -0.603. The van der Waals surface area contributed by atoms with E-state index in [0.29, 0.717) is 12.6 Å². The molecule has 7 heteroatoms. The third kappa shape index (κ3) is 3.10. The van der Waals surface area contributed by atoms with Gasteiger partial charge in [0.05, 0.1) is 28.3 Å². The fourth-order valence-corrected chi connectivity index (χ4v) is 6.17. The van der Waals surface area contributed by atoms with Gasteiger partial charge >= 0.3 is 6.03 Å². The molecular weight excluding hydrogens is 372 g/mol. The van der Waals surface area contributed by atoms with Crippen LogP contribution in [0.4, 0.5) is 4.79 Å². The molecule has 1 aromatic heterocycles. The minimum Gasteiger partial charge on any atom is -0.323 e. The van der Waals surface area contributed by atoms with E-state index in [4.69, 9.17) is 4.98 Å². The second-order valence-electron chi connectivity index (χ2n) is 8.51. The molecule has 1 aliphatic carbocycles. The zero-order valence-corrected chi connectivity index (χ0v) is 16.9. The summed E-state index contributed by atoms with van der Waals surface area (Å²) in [6.07, 6.45) is 6.93. The van der Waals surface area contributed by atoms with Crippen LogP contribution < -0.4 is 10.2 Å². The fraction of sp³-hybridized carbons (Fsp3) is 0.571. The van der Waals surface area contributed by atoms with Crippen molar-refractivity contribution in [2.75, 3.05) is 19.8 Å². The quantitative estimate of drug-likeness (QED) is 0.778. The SMILES string of the molecule is O=C1NC2(CCCCC2)C(=O)N1C[NH+]1CCC(c2nc3ccccc3s2)CC1. The molecule has 3 fully saturated rings. The van der Waals surface area contributed by atoms with Gasteiger partial charge in [0.25, 0.3) is 5.91 Å². The summed E-state index contributed by atoms with van der Waals surface area (Å²) in [7, 11) is 0. The molecule has 2 aliphatic heterocycles. The maximum absolute atomic E-state index is 13.0. The average molecular weight is 400 g/mol. The number of rotatable bonds is 3. The fourth-order valence-electron chi connectivity index (χ4n) is 5.03. The Hall–Kier alpha value is -1.99. The lowest BCUT2D eigenvalue weighted by Gasteiger charge is -2.32. The highest BCUT2D eigenvalue weighted by Gasteiger charge is 2.52. The molecule has 3 aliphatic rings. The first-order chi connectivity index (χ1) is 13.6. The highest BCUT2D eigenvalue weighted by Crippen LogP contribution is 2.34. The Morgan fingerprint density at radius 2 is 1.89 bits per heavy atom. The summed E-state index contributed by atoms with van der Waals surface area (Å²) in [6, 6.07) is 8.13. The van der Waals surface area contributed by atoms with E-state index in [2.05, 4.69) is 23.5 Å². The van der Waals surface area contributed by atoms with Crippen LogP contribution >= 0.6 is 11.3 Å². The number of hydrogen-bond donors (Lipinski definition) is 2. The van der Waals surface area contributed by atoms with E-state index in [9.17, 15) is 9.59 Å². The van der Waals surface area contributed by atoms with Crippen LogP contribution in [0.1, 0.15) is 55.9 Å². The monoisotopic (exact) mass is 399 g/mol. The second-order valence-corrected chi connectivity index (χ2v) is 9.57. The molecule has 0 atom stereocenters. The number of fused-ring (bicyclic) bond motifs is 1. The van der Waals surface area contributed by atoms with E-state index in [1.807, 2.05) is 6.07 Å². The van der Waals surface area contributed by atoms with E-state index in [0.717, 1.165) is 63.6 Å². The standard InChI is InChI=1S/C21H26N4O2S/c26-19-21(10-4-1-5-11-21)23-20(27)25(19)14-24-12-8-15(9-13-24)18-22-16-6-2-3-7-17(16)28-18/h2-3,6-7,15H,1,4-5,8-14H2,(H,23,27)/p+1. The van der Waals surface area contributed by atoms with Crippen molar-refractivity contribution in [1.82, 2.24) is 15.2 Å². The molecule has 1 aromatic carbocycles. The van der Waals surface area contributed by atoms with Crippen LogP contribution in [0.25, 0.3) is 10.2 Å². The number of para-hydroxylation sites is 1. The molecule has 3 amide bonds. The van der Waals surface area contributed by atoms with Crippen LogP contribution in [-0.4, -0.2) is 47.1 Å². The van der Waals surface area contributed by atoms with Gasteiger partial charge < -0.3 is 10.2 Å².